The van der Waals surface area contributed by atoms with Crippen molar-refractivity contribution >= 4 is 5.97 Å². The van der Waals surface area contributed by atoms with E-state index in [1.54, 1.807) is 12.4 Å². The van der Waals surface area contributed by atoms with Crippen molar-refractivity contribution in [2.75, 3.05) is 13.2 Å². The highest BCUT2D eigenvalue weighted by molar-refractivity contribution is 5.70. The fourth-order valence-corrected chi connectivity index (χ4v) is 1.52. The second kappa shape index (κ2) is 6.95. The van der Waals surface area contributed by atoms with Crippen LogP contribution in [0.2, 0.25) is 0 Å². The van der Waals surface area contributed by atoms with Gasteiger partial charge in [-0.3, -0.25) is 9.78 Å². The van der Waals surface area contributed by atoms with Crippen molar-refractivity contribution in [2.24, 2.45) is 0 Å². The van der Waals surface area contributed by atoms with Gasteiger partial charge in [-0.1, -0.05) is 13.0 Å². The third-order valence-electron chi connectivity index (χ3n) is 2.21. The van der Waals surface area contributed by atoms with Gasteiger partial charge in [0.15, 0.2) is 0 Å². The van der Waals surface area contributed by atoms with E-state index >= 15 is 0 Å². The number of carbonyl (C=O) groups is 1. The van der Waals surface area contributed by atoms with Crippen molar-refractivity contribution < 1.29 is 9.53 Å². The van der Waals surface area contributed by atoms with Gasteiger partial charge < -0.3 is 10.1 Å². The molecule has 0 saturated carbocycles. The zero-order chi connectivity index (χ0) is 11.8. The summed E-state index contributed by atoms with van der Waals surface area (Å²) >= 11 is 0. The Hall–Kier alpha value is -1.42. The van der Waals surface area contributed by atoms with E-state index in [1.165, 1.54) is 0 Å². The highest BCUT2D eigenvalue weighted by Gasteiger charge is 2.15. The normalized spacial score (nSPS) is 12.1. The molecule has 0 saturated heterocycles. The Balaban J connectivity index is 2.64. The largest absolute Gasteiger partial charge is 0.466 e. The van der Waals surface area contributed by atoms with Gasteiger partial charge in [0.2, 0.25) is 0 Å². The Morgan fingerprint density at radius 2 is 2.38 bits per heavy atom. The summed E-state index contributed by atoms with van der Waals surface area (Å²) in [6, 6.07) is 3.81. The van der Waals surface area contributed by atoms with Crippen molar-refractivity contribution in [1.82, 2.24) is 10.3 Å². The highest BCUT2D eigenvalue weighted by Crippen LogP contribution is 2.15. The van der Waals surface area contributed by atoms with Crippen LogP contribution < -0.4 is 5.32 Å². The molecule has 1 N–H and O–H groups in total. The first kappa shape index (κ1) is 12.6. The molecule has 1 aromatic heterocycles. The smallest absolute Gasteiger partial charge is 0.307 e. The van der Waals surface area contributed by atoms with Crippen LogP contribution >= 0.6 is 0 Å². The molecular weight excluding hydrogens is 204 g/mol. The number of carbonyl (C=O) groups excluding carboxylic acids is 1. The van der Waals surface area contributed by atoms with E-state index in [0.29, 0.717) is 13.0 Å². The summed E-state index contributed by atoms with van der Waals surface area (Å²) in [4.78, 5) is 15.5. The van der Waals surface area contributed by atoms with Gasteiger partial charge in [-0.2, -0.15) is 0 Å². The number of nitrogens with zero attached hydrogens (tertiary/aromatic N) is 1. The Kier molecular flexibility index (Phi) is 5.50. The Morgan fingerprint density at radius 3 is 2.94 bits per heavy atom. The molecule has 0 amide bonds. The van der Waals surface area contributed by atoms with Crippen molar-refractivity contribution in [1.29, 1.82) is 0 Å². The molecule has 0 aliphatic rings. The van der Waals surface area contributed by atoms with E-state index in [2.05, 4.69) is 10.3 Å². The third kappa shape index (κ3) is 3.98. The van der Waals surface area contributed by atoms with Crippen LogP contribution in [0.3, 0.4) is 0 Å². The SMILES string of the molecule is CCNC(CC(=O)OCC)c1cccnc1. The molecule has 88 valence electrons. The van der Waals surface area contributed by atoms with Crippen LogP contribution in [0.4, 0.5) is 0 Å². The molecule has 16 heavy (non-hydrogen) atoms. The molecule has 4 nitrogen and oxygen atoms in total. The third-order valence-corrected chi connectivity index (χ3v) is 2.21. The standard InChI is InChI=1S/C12H18N2O2/c1-3-14-11(8-12(15)16-4-2)10-6-5-7-13-9-10/h5-7,9,11,14H,3-4,8H2,1-2H3. The Morgan fingerprint density at radius 1 is 1.56 bits per heavy atom. The fraction of sp³-hybridized carbons (Fsp3) is 0.500. The van der Waals surface area contributed by atoms with Crippen LogP contribution in [-0.2, 0) is 9.53 Å². The average molecular weight is 222 g/mol. The van der Waals surface area contributed by atoms with Gasteiger partial charge in [0, 0.05) is 18.4 Å². The first-order valence-electron chi connectivity index (χ1n) is 5.56. The number of hydrogen-bond acceptors (Lipinski definition) is 4. The molecule has 0 aliphatic carbocycles. The van der Waals surface area contributed by atoms with Gasteiger partial charge in [0.1, 0.15) is 0 Å². The van der Waals surface area contributed by atoms with Crippen molar-refractivity contribution in [3.05, 3.63) is 30.1 Å². The van der Waals surface area contributed by atoms with E-state index in [-0.39, 0.29) is 12.0 Å². The fourth-order valence-electron chi connectivity index (χ4n) is 1.52. The van der Waals surface area contributed by atoms with E-state index in [4.69, 9.17) is 4.74 Å². The van der Waals surface area contributed by atoms with Crippen LogP contribution in [0, 0.1) is 0 Å². The molecule has 0 bridgehead atoms. The number of ether oxygens (including phenoxy) is 1. The summed E-state index contributed by atoms with van der Waals surface area (Å²) in [7, 11) is 0. The maximum atomic E-state index is 11.4. The van der Waals surface area contributed by atoms with Crippen LogP contribution in [0.1, 0.15) is 31.9 Å². The molecule has 1 heterocycles. The zero-order valence-electron chi connectivity index (χ0n) is 9.77. The summed E-state index contributed by atoms with van der Waals surface area (Å²) in [5.74, 6) is -0.183. The topological polar surface area (TPSA) is 51.2 Å². The predicted octanol–water partition coefficient (Wildman–Crippen LogP) is 1.69. The molecule has 0 fully saturated rings. The van der Waals surface area contributed by atoms with Crippen molar-refractivity contribution in [3.63, 3.8) is 0 Å². The minimum Gasteiger partial charge on any atom is -0.466 e. The lowest BCUT2D eigenvalue weighted by molar-refractivity contribution is -0.143. The molecule has 1 atom stereocenters. The molecule has 1 unspecified atom stereocenters. The molecular formula is C12H18N2O2. The lowest BCUT2D eigenvalue weighted by Gasteiger charge is -2.16. The molecule has 1 aromatic rings. The zero-order valence-corrected chi connectivity index (χ0v) is 9.77. The lowest BCUT2D eigenvalue weighted by atomic mass is 10.1. The highest BCUT2D eigenvalue weighted by atomic mass is 16.5. The van der Waals surface area contributed by atoms with E-state index in [9.17, 15) is 4.79 Å². The van der Waals surface area contributed by atoms with Crippen LogP contribution in [0.25, 0.3) is 0 Å². The molecule has 0 radical (unpaired) electrons. The summed E-state index contributed by atoms with van der Waals surface area (Å²) < 4.78 is 4.94. The summed E-state index contributed by atoms with van der Waals surface area (Å²) in [5.41, 5.74) is 1.01. The van der Waals surface area contributed by atoms with Gasteiger partial charge in [0.05, 0.1) is 13.0 Å². The number of aromatic nitrogens is 1. The van der Waals surface area contributed by atoms with Gasteiger partial charge >= 0.3 is 5.97 Å². The van der Waals surface area contributed by atoms with Crippen LogP contribution in [0.15, 0.2) is 24.5 Å². The summed E-state index contributed by atoms with van der Waals surface area (Å²) in [5, 5.41) is 3.25. The molecule has 4 heteroatoms. The number of pyridine rings is 1. The van der Waals surface area contributed by atoms with E-state index in [1.807, 2.05) is 26.0 Å². The van der Waals surface area contributed by atoms with Crippen LogP contribution in [-0.4, -0.2) is 24.1 Å². The predicted molar refractivity (Wildman–Crippen MR) is 61.9 cm³/mol. The van der Waals surface area contributed by atoms with Gasteiger partial charge in [-0.05, 0) is 25.1 Å². The van der Waals surface area contributed by atoms with E-state index in [0.717, 1.165) is 12.1 Å². The maximum Gasteiger partial charge on any atom is 0.307 e. The van der Waals surface area contributed by atoms with Crippen LogP contribution in [0.5, 0.6) is 0 Å². The van der Waals surface area contributed by atoms with Crippen molar-refractivity contribution in [2.45, 2.75) is 26.3 Å². The first-order valence-corrected chi connectivity index (χ1v) is 5.56. The number of nitrogens with one attached hydrogen (secondary N) is 1. The quantitative estimate of drug-likeness (QED) is 0.744. The Bertz CT molecular complexity index is 314. The second-order valence-corrected chi connectivity index (χ2v) is 3.41. The second-order valence-electron chi connectivity index (χ2n) is 3.41. The van der Waals surface area contributed by atoms with E-state index < -0.39 is 0 Å². The summed E-state index contributed by atoms with van der Waals surface area (Å²) in [6.45, 7) is 5.04. The van der Waals surface area contributed by atoms with Gasteiger partial charge in [-0.15, -0.1) is 0 Å². The molecule has 0 aromatic carbocycles. The number of rotatable bonds is 6. The number of esters is 1. The molecule has 0 aliphatic heterocycles. The Labute approximate surface area is 96.0 Å². The molecule has 0 spiro atoms. The van der Waals surface area contributed by atoms with Crippen molar-refractivity contribution in [3.8, 4) is 0 Å². The monoisotopic (exact) mass is 222 g/mol. The minimum absolute atomic E-state index is 0.0160. The molecule has 1 rings (SSSR count). The summed E-state index contributed by atoms with van der Waals surface area (Å²) in [6.07, 6.45) is 3.83. The van der Waals surface area contributed by atoms with Gasteiger partial charge in [0.25, 0.3) is 0 Å². The number of hydrogen-bond donors (Lipinski definition) is 1. The average Bonchev–Trinajstić information content (AvgIpc) is 2.30. The minimum atomic E-state index is -0.183. The lowest BCUT2D eigenvalue weighted by Crippen LogP contribution is -2.24. The first-order chi connectivity index (χ1) is 7.77. The van der Waals surface area contributed by atoms with Gasteiger partial charge in [-0.25, -0.2) is 0 Å². The maximum absolute atomic E-state index is 11.4.